The molecule has 11 heteroatoms. The fourth-order valence-corrected chi connectivity index (χ4v) is 2.29. The van der Waals surface area contributed by atoms with E-state index in [9.17, 15) is 19.8 Å². The van der Waals surface area contributed by atoms with Gasteiger partial charge in [-0.15, -0.1) is 0 Å². The summed E-state index contributed by atoms with van der Waals surface area (Å²) in [6.45, 7) is 2.83. The zero-order valence-corrected chi connectivity index (χ0v) is 13.2. The summed E-state index contributed by atoms with van der Waals surface area (Å²) in [5, 5.41) is 40.5. The van der Waals surface area contributed by atoms with Crippen LogP contribution in [-0.2, 0) is 14.3 Å². The number of aliphatic hydroxyl groups is 2. The van der Waals surface area contributed by atoms with Crippen LogP contribution in [0.15, 0.2) is 16.8 Å². The summed E-state index contributed by atoms with van der Waals surface area (Å²) in [6.07, 6.45) is -2.74. The van der Waals surface area contributed by atoms with Crippen LogP contribution < -0.4 is 16.5 Å². The second kappa shape index (κ2) is 8.47. The van der Waals surface area contributed by atoms with Crippen molar-refractivity contribution in [3.05, 3.63) is 11.8 Å². The van der Waals surface area contributed by atoms with Crippen molar-refractivity contribution in [2.24, 2.45) is 10.7 Å². The molecular formula is C13H22N4O7. The average molecular weight is 346 g/mol. The van der Waals surface area contributed by atoms with Gasteiger partial charge in [-0.3, -0.25) is 10.0 Å². The Morgan fingerprint density at radius 1 is 1.46 bits per heavy atom. The first-order valence-electron chi connectivity index (χ1n) is 7.19. The lowest BCUT2D eigenvalue weighted by molar-refractivity contribution is -0.144. The van der Waals surface area contributed by atoms with Crippen LogP contribution in [-0.4, -0.2) is 68.8 Å². The number of amides is 1. The minimum Gasteiger partial charge on any atom is -0.478 e. The number of nitrogens with one attached hydrogen (secondary N) is 2. The largest absolute Gasteiger partial charge is 0.478 e. The van der Waals surface area contributed by atoms with Crippen molar-refractivity contribution in [1.82, 2.24) is 10.8 Å². The van der Waals surface area contributed by atoms with E-state index in [0.29, 0.717) is 0 Å². The lowest BCUT2D eigenvalue weighted by atomic mass is 9.91. The van der Waals surface area contributed by atoms with E-state index in [1.807, 2.05) is 0 Å². The lowest BCUT2D eigenvalue weighted by Gasteiger charge is -2.38. The quantitative estimate of drug-likeness (QED) is 0.157. The zero-order chi connectivity index (χ0) is 18.4. The molecule has 1 rings (SSSR count). The highest BCUT2D eigenvalue weighted by molar-refractivity contribution is 5.85. The Bertz CT molecular complexity index is 536. The van der Waals surface area contributed by atoms with Crippen molar-refractivity contribution in [3.63, 3.8) is 0 Å². The van der Waals surface area contributed by atoms with Crippen LogP contribution in [0.4, 0.5) is 0 Å². The van der Waals surface area contributed by atoms with Gasteiger partial charge in [0.25, 0.3) is 0 Å². The van der Waals surface area contributed by atoms with Gasteiger partial charge in [-0.2, -0.15) is 0 Å². The maximum atomic E-state index is 11.4. The van der Waals surface area contributed by atoms with Crippen molar-refractivity contribution in [2.75, 3.05) is 0 Å². The molecule has 8 N–H and O–H groups in total. The highest BCUT2D eigenvalue weighted by Crippen LogP contribution is 2.25. The predicted molar refractivity (Wildman–Crippen MR) is 80.8 cm³/mol. The number of hydrogen-bond donors (Lipinski definition) is 7. The molecule has 1 aliphatic rings. The Balaban J connectivity index is 3.31. The summed E-state index contributed by atoms with van der Waals surface area (Å²) in [6, 6.07) is -2.08. The first-order chi connectivity index (χ1) is 11.2. The van der Waals surface area contributed by atoms with E-state index < -0.39 is 54.0 Å². The Kier molecular flexibility index (Phi) is 6.95. The number of aliphatic hydroxyl groups excluding tert-OH is 2. The Morgan fingerprint density at radius 3 is 2.54 bits per heavy atom. The van der Waals surface area contributed by atoms with Gasteiger partial charge >= 0.3 is 5.97 Å². The van der Waals surface area contributed by atoms with Crippen LogP contribution >= 0.6 is 0 Å². The van der Waals surface area contributed by atoms with Gasteiger partial charge in [-0.05, 0) is 12.5 Å². The van der Waals surface area contributed by atoms with Gasteiger partial charge in [0, 0.05) is 6.92 Å². The van der Waals surface area contributed by atoms with Crippen molar-refractivity contribution in [2.45, 2.75) is 50.7 Å². The summed E-state index contributed by atoms with van der Waals surface area (Å²) < 4.78 is 5.24. The Morgan fingerprint density at radius 2 is 2.08 bits per heavy atom. The third kappa shape index (κ3) is 4.81. The average Bonchev–Trinajstić information content (AvgIpc) is 2.53. The number of guanidine groups is 1. The SMILES string of the molecule is CC[C@@H](O)[C@@H](O)[C@@H]1OC(C(=O)O)=C[C@H](N=C(N)NO)[C@H]1NC(C)=O. The van der Waals surface area contributed by atoms with E-state index in [4.69, 9.17) is 20.8 Å². The van der Waals surface area contributed by atoms with E-state index in [1.165, 1.54) is 6.92 Å². The van der Waals surface area contributed by atoms with Crippen LogP contribution in [0, 0.1) is 0 Å². The Hall–Kier alpha value is -2.37. The smallest absolute Gasteiger partial charge is 0.370 e. The number of carbonyl (C=O) groups is 2. The number of carboxylic acid groups (broad SMARTS) is 1. The van der Waals surface area contributed by atoms with E-state index in [1.54, 1.807) is 12.4 Å². The van der Waals surface area contributed by atoms with Crippen LogP contribution in [0.1, 0.15) is 20.3 Å². The van der Waals surface area contributed by atoms with Crippen LogP contribution in [0.25, 0.3) is 0 Å². The number of hydrogen-bond acceptors (Lipinski definition) is 7. The van der Waals surface area contributed by atoms with Crippen molar-refractivity contribution < 1.29 is 34.9 Å². The number of nitrogens with two attached hydrogens (primary N) is 1. The molecule has 0 aromatic rings. The van der Waals surface area contributed by atoms with E-state index in [0.717, 1.165) is 6.08 Å². The second-order valence-electron chi connectivity index (χ2n) is 5.23. The van der Waals surface area contributed by atoms with Gasteiger partial charge < -0.3 is 31.1 Å². The van der Waals surface area contributed by atoms with Gasteiger partial charge in [0.05, 0.1) is 18.2 Å². The van der Waals surface area contributed by atoms with Gasteiger partial charge in [0.2, 0.25) is 17.6 Å². The molecule has 0 aromatic carbocycles. The second-order valence-corrected chi connectivity index (χ2v) is 5.23. The molecule has 5 atom stereocenters. The minimum absolute atomic E-state index is 0.175. The number of aliphatic imine (C=N–C) groups is 1. The molecule has 11 nitrogen and oxygen atoms in total. The van der Waals surface area contributed by atoms with Crippen LogP contribution in [0.3, 0.4) is 0 Å². The molecule has 0 fully saturated rings. The van der Waals surface area contributed by atoms with E-state index in [-0.39, 0.29) is 6.42 Å². The summed E-state index contributed by atoms with van der Waals surface area (Å²) in [7, 11) is 0. The number of hydroxylamine groups is 1. The highest BCUT2D eigenvalue weighted by Gasteiger charge is 2.43. The lowest BCUT2D eigenvalue weighted by Crippen LogP contribution is -2.59. The fourth-order valence-electron chi connectivity index (χ4n) is 2.29. The zero-order valence-electron chi connectivity index (χ0n) is 13.2. The molecule has 1 heterocycles. The van der Waals surface area contributed by atoms with Crippen LogP contribution in [0.2, 0.25) is 0 Å². The standard InChI is InChI=1S/C13H22N4O7/c1-3-7(19)10(20)11-9(15-5(2)18)6(16-13(14)17-23)4-8(24-11)12(21)22/h4,6-7,9-11,19-20,23H,3H2,1-2H3,(H,15,18)(H,21,22)(H3,14,16,17)/t6-,7+,9+,10+,11+/m0/s1. The van der Waals surface area contributed by atoms with Crippen molar-refractivity contribution in [3.8, 4) is 0 Å². The molecule has 136 valence electrons. The first-order valence-corrected chi connectivity index (χ1v) is 7.19. The molecule has 0 aromatic heterocycles. The Labute approximate surface area is 137 Å². The van der Waals surface area contributed by atoms with E-state index >= 15 is 0 Å². The number of ether oxygens (including phenoxy) is 1. The number of carbonyl (C=O) groups excluding carboxylic acids is 1. The molecular weight excluding hydrogens is 324 g/mol. The van der Waals surface area contributed by atoms with Crippen molar-refractivity contribution in [1.29, 1.82) is 0 Å². The highest BCUT2D eigenvalue weighted by atomic mass is 16.5. The monoisotopic (exact) mass is 346 g/mol. The molecule has 0 unspecified atom stereocenters. The minimum atomic E-state index is -1.49. The molecule has 0 spiro atoms. The summed E-state index contributed by atoms with van der Waals surface area (Å²) in [5.41, 5.74) is 6.97. The predicted octanol–water partition coefficient (Wildman–Crippen LogP) is -2.35. The third-order valence-corrected chi connectivity index (χ3v) is 3.44. The van der Waals surface area contributed by atoms with Gasteiger partial charge in [0.1, 0.15) is 12.2 Å². The van der Waals surface area contributed by atoms with Gasteiger partial charge in [-0.25, -0.2) is 15.3 Å². The maximum absolute atomic E-state index is 11.4. The van der Waals surface area contributed by atoms with Gasteiger partial charge in [0.15, 0.2) is 0 Å². The molecule has 0 saturated carbocycles. The molecule has 1 aliphatic heterocycles. The molecule has 0 aliphatic carbocycles. The molecule has 1 amide bonds. The summed E-state index contributed by atoms with van der Waals surface area (Å²) >= 11 is 0. The normalized spacial score (nSPS) is 26.6. The van der Waals surface area contributed by atoms with Crippen molar-refractivity contribution >= 4 is 17.8 Å². The summed E-state index contributed by atoms with van der Waals surface area (Å²) in [5.74, 6) is -2.86. The number of aliphatic carboxylic acids is 1. The fraction of sp³-hybridized carbons (Fsp3) is 0.615. The third-order valence-electron chi connectivity index (χ3n) is 3.44. The molecule has 24 heavy (non-hydrogen) atoms. The topological polar surface area (TPSA) is 187 Å². The van der Waals surface area contributed by atoms with E-state index in [2.05, 4.69) is 10.3 Å². The number of nitrogens with zero attached hydrogens (tertiary/aromatic N) is 1. The molecule has 0 bridgehead atoms. The molecule has 0 saturated heterocycles. The number of carboxylic acids is 1. The number of rotatable bonds is 6. The van der Waals surface area contributed by atoms with Crippen LogP contribution in [0.5, 0.6) is 0 Å². The van der Waals surface area contributed by atoms with Gasteiger partial charge in [-0.1, -0.05) is 6.92 Å². The summed E-state index contributed by atoms with van der Waals surface area (Å²) in [4.78, 5) is 26.5. The molecule has 0 radical (unpaired) electrons. The maximum Gasteiger partial charge on any atom is 0.370 e. The first kappa shape index (κ1) is 19.7.